The van der Waals surface area contributed by atoms with E-state index in [0.717, 1.165) is 41.4 Å². The summed E-state index contributed by atoms with van der Waals surface area (Å²) in [6.07, 6.45) is 2.62. The van der Waals surface area contributed by atoms with Crippen LogP contribution in [0.2, 0.25) is 5.02 Å². The Morgan fingerprint density at radius 1 is 1.29 bits per heavy atom. The normalized spacial score (nSPS) is 19.6. The molecule has 1 fully saturated rings. The third-order valence-corrected chi connectivity index (χ3v) is 3.56. The third-order valence-electron chi connectivity index (χ3n) is 2.96. The highest BCUT2D eigenvalue weighted by atomic mass is 35.5. The number of nitrogens with one attached hydrogen (secondary N) is 1. The summed E-state index contributed by atoms with van der Waals surface area (Å²) >= 11 is 6.12. The molecule has 0 saturated carbocycles. The van der Waals surface area contributed by atoms with E-state index in [9.17, 15) is 0 Å². The lowest BCUT2D eigenvalue weighted by Gasteiger charge is -2.24. The van der Waals surface area contributed by atoms with Crippen molar-refractivity contribution in [2.75, 3.05) is 13.1 Å². The van der Waals surface area contributed by atoms with Gasteiger partial charge in [0.25, 0.3) is 0 Å². The van der Waals surface area contributed by atoms with Gasteiger partial charge in [0.2, 0.25) is 0 Å². The molecular weight excluding hydrogens is 257 g/mol. The summed E-state index contributed by atoms with van der Waals surface area (Å²) in [4.78, 5) is 0. The van der Waals surface area contributed by atoms with Gasteiger partial charge in [-0.3, -0.25) is 0 Å². The zero-order valence-corrected chi connectivity index (χ0v) is 11.8. The quantitative estimate of drug-likeness (QED) is 0.892. The Balaban J connectivity index is 0.00000144. The Labute approximate surface area is 114 Å². The van der Waals surface area contributed by atoms with Crippen LogP contribution in [-0.4, -0.2) is 19.2 Å². The van der Waals surface area contributed by atoms with Crippen LogP contribution < -0.4 is 10.1 Å². The van der Waals surface area contributed by atoms with Gasteiger partial charge in [0.1, 0.15) is 11.9 Å². The predicted octanol–water partition coefficient (Wildman–Crippen LogP) is 3.51. The maximum atomic E-state index is 6.12. The van der Waals surface area contributed by atoms with Gasteiger partial charge in [0.05, 0.1) is 0 Å². The van der Waals surface area contributed by atoms with Crippen molar-refractivity contribution < 1.29 is 4.74 Å². The fraction of sp³-hybridized carbons (Fsp3) is 0.538. The van der Waals surface area contributed by atoms with Crippen LogP contribution in [0, 0.1) is 13.8 Å². The van der Waals surface area contributed by atoms with E-state index in [1.54, 1.807) is 0 Å². The number of aryl methyl sites for hydroxylation is 2. The molecule has 1 aliphatic rings. The minimum Gasteiger partial charge on any atom is -0.489 e. The molecule has 1 unspecified atom stereocenters. The van der Waals surface area contributed by atoms with E-state index in [0.29, 0.717) is 6.10 Å². The van der Waals surface area contributed by atoms with Crippen LogP contribution in [0.4, 0.5) is 0 Å². The molecule has 0 radical (unpaired) electrons. The SMILES string of the molecule is Cc1cc(OC2CCCNC2)cc(C)c1Cl.Cl. The highest BCUT2D eigenvalue weighted by molar-refractivity contribution is 6.32. The summed E-state index contributed by atoms with van der Waals surface area (Å²) < 4.78 is 5.95. The molecule has 1 saturated heterocycles. The van der Waals surface area contributed by atoms with E-state index in [2.05, 4.69) is 5.32 Å². The molecule has 2 rings (SSSR count). The number of hydrogen-bond acceptors (Lipinski definition) is 2. The molecule has 96 valence electrons. The van der Waals surface area contributed by atoms with Crippen molar-refractivity contribution >= 4 is 24.0 Å². The molecule has 0 aromatic heterocycles. The zero-order valence-electron chi connectivity index (χ0n) is 10.3. The molecular formula is C13H19Cl2NO. The van der Waals surface area contributed by atoms with E-state index >= 15 is 0 Å². The average molecular weight is 276 g/mol. The zero-order chi connectivity index (χ0) is 11.5. The maximum absolute atomic E-state index is 6.12. The fourth-order valence-electron chi connectivity index (χ4n) is 2.09. The Hall–Kier alpha value is -0.440. The molecule has 0 amide bonds. The molecule has 0 aliphatic carbocycles. The van der Waals surface area contributed by atoms with Crippen LogP contribution in [0.3, 0.4) is 0 Å². The fourth-order valence-corrected chi connectivity index (χ4v) is 2.20. The smallest absolute Gasteiger partial charge is 0.120 e. The number of hydrogen-bond donors (Lipinski definition) is 1. The van der Waals surface area contributed by atoms with E-state index in [1.165, 1.54) is 6.42 Å². The Kier molecular flexibility index (Phi) is 5.57. The molecule has 1 aliphatic heterocycles. The molecule has 1 atom stereocenters. The average Bonchev–Trinajstić information content (AvgIpc) is 2.27. The highest BCUT2D eigenvalue weighted by Gasteiger charge is 2.15. The summed E-state index contributed by atoms with van der Waals surface area (Å²) in [7, 11) is 0. The van der Waals surface area contributed by atoms with Crippen molar-refractivity contribution in [3.63, 3.8) is 0 Å². The van der Waals surface area contributed by atoms with Gasteiger partial charge in [-0.1, -0.05) is 11.6 Å². The second-order valence-electron chi connectivity index (χ2n) is 4.46. The van der Waals surface area contributed by atoms with Crippen LogP contribution >= 0.6 is 24.0 Å². The molecule has 1 heterocycles. The van der Waals surface area contributed by atoms with Crippen LogP contribution in [0.5, 0.6) is 5.75 Å². The van der Waals surface area contributed by atoms with Crippen molar-refractivity contribution in [2.24, 2.45) is 0 Å². The van der Waals surface area contributed by atoms with Gasteiger partial charge in [-0.25, -0.2) is 0 Å². The minimum absolute atomic E-state index is 0. The number of piperidine rings is 1. The number of benzene rings is 1. The Morgan fingerprint density at radius 3 is 2.47 bits per heavy atom. The van der Waals surface area contributed by atoms with Gasteiger partial charge in [0.15, 0.2) is 0 Å². The third kappa shape index (κ3) is 3.77. The summed E-state index contributed by atoms with van der Waals surface area (Å²) in [5, 5.41) is 4.19. The molecule has 1 N–H and O–H groups in total. The molecule has 2 nitrogen and oxygen atoms in total. The van der Waals surface area contributed by atoms with Crippen molar-refractivity contribution in [3.05, 3.63) is 28.3 Å². The molecule has 1 aromatic carbocycles. The molecule has 0 spiro atoms. The first-order chi connectivity index (χ1) is 7.66. The first-order valence-corrected chi connectivity index (χ1v) is 6.19. The summed E-state index contributed by atoms with van der Waals surface area (Å²) in [5.74, 6) is 0.938. The maximum Gasteiger partial charge on any atom is 0.120 e. The van der Waals surface area contributed by atoms with Gasteiger partial charge in [-0.2, -0.15) is 0 Å². The largest absolute Gasteiger partial charge is 0.489 e. The van der Waals surface area contributed by atoms with Crippen molar-refractivity contribution in [1.82, 2.24) is 5.32 Å². The van der Waals surface area contributed by atoms with Gasteiger partial charge in [-0.15, -0.1) is 12.4 Å². The van der Waals surface area contributed by atoms with E-state index in [-0.39, 0.29) is 12.4 Å². The second kappa shape index (κ2) is 6.48. The van der Waals surface area contributed by atoms with E-state index < -0.39 is 0 Å². The van der Waals surface area contributed by atoms with Gasteiger partial charge >= 0.3 is 0 Å². The molecule has 1 aromatic rings. The van der Waals surface area contributed by atoms with E-state index in [1.807, 2.05) is 26.0 Å². The van der Waals surface area contributed by atoms with Gasteiger partial charge in [0, 0.05) is 11.6 Å². The lowest BCUT2D eigenvalue weighted by molar-refractivity contribution is 0.167. The first-order valence-electron chi connectivity index (χ1n) is 5.81. The van der Waals surface area contributed by atoms with Crippen molar-refractivity contribution in [3.8, 4) is 5.75 Å². The van der Waals surface area contributed by atoms with Crippen molar-refractivity contribution in [2.45, 2.75) is 32.8 Å². The monoisotopic (exact) mass is 275 g/mol. The standard InChI is InChI=1S/C13H18ClNO.ClH/c1-9-6-12(7-10(2)13(9)14)16-11-4-3-5-15-8-11;/h6-7,11,15H,3-5,8H2,1-2H3;1H. The topological polar surface area (TPSA) is 21.3 Å². The Bertz CT molecular complexity index is 353. The molecule has 0 bridgehead atoms. The van der Waals surface area contributed by atoms with E-state index in [4.69, 9.17) is 16.3 Å². The summed E-state index contributed by atoms with van der Waals surface area (Å²) in [6.45, 7) is 6.09. The van der Waals surface area contributed by atoms with Crippen LogP contribution in [0.15, 0.2) is 12.1 Å². The predicted molar refractivity (Wildman–Crippen MR) is 74.7 cm³/mol. The van der Waals surface area contributed by atoms with Crippen molar-refractivity contribution in [1.29, 1.82) is 0 Å². The van der Waals surface area contributed by atoms with Crippen LogP contribution in [-0.2, 0) is 0 Å². The lowest BCUT2D eigenvalue weighted by atomic mass is 10.1. The number of halogens is 2. The van der Waals surface area contributed by atoms with Crippen LogP contribution in [0.25, 0.3) is 0 Å². The number of rotatable bonds is 2. The van der Waals surface area contributed by atoms with Gasteiger partial charge in [-0.05, 0) is 56.5 Å². The Morgan fingerprint density at radius 2 is 1.94 bits per heavy atom. The lowest BCUT2D eigenvalue weighted by Crippen LogP contribution is -2.37. The first kappa shape index (κ1) is 14.6. The van der Waals surface area contributed by atoms with Crippen LogP contribution in [0.1, 0.15) is 24.0 Å². The summed E-state index contributed by atoms with van der Waals surface area (Å²) in [6, 6.07) is 4.04. The second-order valence-corrected chi connectivity index (χ2v) is 4.84. The summed E-state index contributed by atoms with van der Waals surface area (Å²) in [5.41, 5.74) is 2.17. The molecule has 4 heteroatoms. The number of ether oxygens (including phenoxy) is 1. The molecule has 17 heavy (non-hydrogen) atoms. The highest BCUT2D eigenvalue weighted by Crippen LogP contribution is 2.27. The van der Waals surface area contributed by atoms with Gasteiger partial charge < -0.3 is 10.1 Å². The minimum atomic E-state index is 0.